The summed E-state index contributed by atoms with van der Waals surface area (Å²) >= 11 is 0. The van der Waals surface area contributed by atoms with Gasteiger partial charge in [0.25, 0.3) is 0 Å². The summed E-state index contributed by atoms with van der Waals surface area (Å²) in [6.07, 6.45) is 0. The van der Waals surface area contributed by atoms with Crippen molar-refractivity contribution in [3.63, 3.8) is 0 Å². The molecule has 0 N–H and O–H groups in total. The Hall–Kier alpha value is -1.16. The highest BCUT2D eigenvalue weighted by molar-refractivity contribution is 5.47. The van der Waals surface area contributed by atoms with Gasteiger partial charge in [0.15, 0.2) is 0 Å². The van der Waals surface area contributed by atoms with Crippen LogP contribution in [0.5, 0.6) is 0 Å². The van der Waals surface area contributed by atoms with Gasteiger partial charge in [0.1, 0.15) is 11.6 Å². The predicted octanol–water partition coefficient (Wildman–Crippen LogP) is 1.67. The van der Waals surface area contributed by atoms with Gasteiger partial charge in [0.05, 0.1) is 6.67 Å². The van der Waals surface area contributed by atoms with Crippen LogP contribution in [0.1, 0.15) is 0 Å². The number of halogens is 2. The van der Waals surface area contributed by atoms with E-state index in [1.54, 1.807) is 0 Å². The van der Waals surface area contributed by atoms with Crippen LogP contribution < -0.4 is 4.90 Å². The van der Waals surface area contributed by atoms with E-state index in [-0.39, 0.29) is 0 Å². The molecule has 0 bridgehead atoms. The average molecular weight is 198 g/mol. The second kappa shape index (κ2) is 3.53. The van der Waals surface area contributed by atoms with Crippen LogP contribution in [0.2, 0.25) is 0 Å². The van der Waals surface area contributed by atoms with Crippen LogP contribution in [0.15, 0.2) is 18.2 Å². The first-order valence-electron chi connectivity index (χ1n) is 4.55. The molecule has 1 aliphatic heterocycles. The molecular weight excluding hydrogens is 186 g/mol. The predicted molar refractivity (Wildman–Crippen MR) is 51.2 cm³/mol. The molecule has 0 aliphatic carbocycles. The zero-order valence-corrected chi connectivity index (χ0v) is 8.00. The van der Waals surface area contributed by atoms with E-state index < -0.39 is 11.6 Å². The minimum absolute atomic E-state index is 0.519. The molecule has 14 heavy (non-hydrogen) atoms. The Morgan fingerprint density at radius 1 is 1.07 bits per heavy atom. The number of nitrogens with zero attached hydrogens (tertiary/aromatic N) is 2. The lowest BCUT2D eigenvalue weighted by Crippen LogP contribution is -2.22. The first-order valence-corrected chi connectivity index (χ1v) is 4.55. The SMILES string of the molecule is CN1CCN(c2cc(F)cc(F)c2)C1. The maximum atomic E-state index is 12.9. The van der Waals surface area contributed by atoms with Crippen LogP contribution in [-0.2, 0) is 0 Å². The molecule has 0 saturated carbocycles. The zero-order chi connectivity index (χ0) is 10.1. The molecule has 1 heterocycles. The van der Waals surface area contributed by atoms with Crippen LogP contribution in [0.25, 0.3) is 0 Å². The summed E-state index contributed by atoms with van der Waals surface area (Å²) in [5.41, 5.74) is 0.617. The summed E-state index contributed by atoms with van der Waals surface area (Å²) in [6.45, 7) is 2.47. The lowest BCUT2D eigenvalue weighted by Gasteiger charge is -2.17. The van der Waals surface area contributed by atoms with Crippen LogP contribution in [0.4, 0.5) is 14.5 Å². The van der Waals surface area contributed by atoms with Gasteiger partial charge in [-0.2, -0.15) is 0 Å². The summed E-state index contributed by atoms with van der Waals surface area (Å²) < 4.78 is 25.8. The molecule has 1 fully saturated rings. The van der Waals surface area contributed by atoms with Crippen molar-refractivity contribution in [3.05, 3.63) is 29.8 Å². The monoisotopic (exact) mass is 198 g/mol. The minimum Gasteiger partial charge on any atom is -0.357 e. The molecule has 0 spiro atoms. The quantitative estimate of drug-likeness (QED) is 0.677. The molecule has 1 saturated heterocycles. The largest absolute Gasteiger partial charge is 0.357 e. The molecular formula is C10H12F2N2. The topological polar surface area (TPSA) is 6.48 Å². The van der Waals surface area contributed by atoms with E-state index >= 15 is 0 Å². The van der Waals surface area contributed by atoms with Crippen LogP contribution >= 0.6 is 0 Å². The highest BCUT2D eigenvalue weighted by Crippen LogP contribution is 2.20. The van der Waals surface area contributed by atoms with Crippen LogP contribution in [0, 0.1) is 11.6 Å². The second-order valence-electron chi connectivity index (χ2n) is 3.61. The molecule has 0 aromatic heterocycles. The summed E-state index contributed by atoms with van der Waals surface area (Å²) in [7, 11) is 1.98. The molecule has 1 aromatic rings. The van der Waals surface area contributed by atoms with Crippen molar-refractivity contribution in [1.29, 1.82) is 0 Å². The lowest BCUT2D eigenvalue weighted by molar-refractivity contribution is 0.421. The summed E-state index contributed by atoms with van der Waals surface area (Å²) in [6, 6.07) is 3.62. The number of likely N-dealkylation sites (N-methyl/N-ethyl adjacent to an activating group) is 1. The van der Waals surface area contributed by atoms with Gasteiger partial charge in [0, 0.05) is 24.8 Å². The van der Waals surface area contributed by atoms with E-state index in [0.29, 0.717) is 5.69 Å². The van der Waals surface area contributed by atoms with Gasteiger partial charge in [0.2, 0.25) is 0 Å². The average Bonchev–Trinajstić information content (AvgIpc) is 2.50. The molecule has 2 rings (SSSR count). The molecule has 0 amide bonds. The molecule has 76 valence electrons. The van der Waals surface area contributed by atoms with Gasteiger partial charge in [-0.25, -0.2) is 8.78 Å². The Morgan fingerprint density at radius 3 is 2.21 bits per heavy atom. The van der Waals surface area contributed by atoms with Gasteiger partial charge >= 0.3 is 0 Å². The van der Waals surface area contributed by atoms with Crippen molar-refractivity contribution in [3.8, 4) is 0 Å². The summed E-state index contributed by atoms with van der Waals surface area (Å²) in [4.78, 5) is 4.05. The fourth-order valence-electron chi connectivity index (χ4n) is 1.66. The smallest absolute Gasteiger partial charge is 0.128 e. The van der Waals surface area contributed by atoms with Crippen LogP contribution in [0.3, 0.4) is 0 Å². The summed E-state index contributed by atoms with van der Waals surface area (Å²) in [5, 5.41) is 0. The Morgan fingerprint density at radius 2 is 1.71 bits per heavy atom. The Bertz CT molecular complexity index is 321. The third-order valence-electron chi connectivity index (χ3n) is 2.38. The molecule has 0 unspecified atom stereocenters. The van der Waals surface area contributed by atoms with E-state index in [0.717, 1.165) is 25.8 Å². The highest BCUT2D eigenvalue weighted by Gasteiger charge is 2.17. The van der Waals surface area contributed by atoms with Crippen molar-refractivity contribution in [2.45, 2.75) is 0 Å². The van der Waals surface area contributed by atoms with Crippen LogP contribution in [-0.4, -0.2) is 31.7 Å². The zero-order valence-electron chi connectivity index (χ0n) is 8.00. The number of hydrogen-bond acceptors (Lipinski definition) is 2. The molecule has 0 radical (unpaired) electrons. The first kappa shape index (κ1) is 9.40. The fraction of sp³-hybridized carbons (Fsp3) is 0.400. The van der Waals surface area contributed by atoms with Gasteiger partial charge < -0.3 is 4.90 Å². The lowest BCUT2D eigenvalue weighted by atomic mass is 10.3. The van der Waals surface area contributed by atoms with Gasteiger partial charge in [-0.1, -0.05) is 0 Å². The van der Waals surface area contributed by atoms with E-state index in [1.807, 2.05) is 11.9 Å². The third-order valence-corrected chi connectivity index (χ3v) is 2.38. The molecule has 1 aromatic carbocycles. The Labute approximate surface area is 81.7 Å². The number of anilines is 1. The van der Waals surface area contributed by atoms with E-state index in [1.165, 1.54) is 12.1 Å². The third kappa shape index (κ3) is 1.85. The molecule has 0 atom stereocenters. The van der Waals surface area contributed by atoms with Crippen molar-refractivity contribution in [1.82, 2.24) is 4.90 Å². The van der Waals surface area contributed by atoms with Crippen molar-refractivity contribution in [2.24, 2.45) is 0 Å². The standard InChI is InChI=1S/C10H12F2N2/c1-13-2-3-14(7-13)10-5-8(11)4-9(12)6-10/h4-6H,2-3,7H2,1H3. The van der Waals surface area contributed by atoms with Crippen molar-refractivity contribution < 1.29 is 8.78 Å². The maximum Gasteiger partial charge on any atom is 0.128 e. The second-order valence-corrected chi connectivity index (χ2v) is 3.61. The number of rotatable bonds is 1. The number of hydrogen-bond donors (Lipinski definition) is 0. The minimum atomic E-state index is -0.519. The van der Waals surface area contributed by atoms with E-state index in [4.69, 9.17) is 0 Å². The Balaban J connectivity index is 2.23. The van der Waals surface area contributed by atoms with Gasteiger partial charge in [-0.05, 0) is 19.2 Å². The normalized spacial score (nSPS) is 17.8. The van der Waals surface area contributed by atoms with Crippen molar-refractivity contribution in [2.75, 3.05) is 31.7 Å². The van der Waals surface area contributed by atoms with E-state index in [9.17, 15) is 8.78 Å². The molecule has 1 aliphatic rings. The molecule has 2 nitrogen and oxygen atoms in total. The van der Waals surface area contributed by atoms with Gasteiger partial charge in [-0.3, -0.25) is 4.90 Å². The van der Waals surface area contributed by atoms with Gasteiger partial charge in [-0.15, -0.1) is 0 Å². The first-order chi connectivity index (χ1) is 6.65. The fourth-order valence-corrected chi connectivity index (χ4v) is 1.66. The number of benzene rings is 1. The summed E-state index contributed by atoms with van der Waals surface area (Å²) in [5.74, 6) is -1.04. The molecule has 4 heteroatoms. The van der Waals surface area contributed by atoms with Crippen molar-refractivity contribution >= 4 is 5.69 Å². The highest BCUT2D eigenvalue weighted by atomic mass is 19.1. The van der Waals surface area contributed by atoms with E-state index in [2.05, 4.69) is 4.90 Å². The maximum absolute atomic E-state index is 12.9. The Kier molecular flexibility index (Phi) is 2.37.